The van der Waals surface area contributed by atoms with Gasteiger partial charge in [0.1, 0.15) is 6.17 Å². The summed E-state index contributed by atoms with van der Waals surface area (Å²) in [6.45, 7) is 0.678. The zero-order chi connectivity index (χ0) is 6.08. The van der Waals surface area contributed by atoms with E-state index in [2.05, 4.69) is 11.5 Å². The summed E-state index contributed by atoms with van der Waals surface area (Å²) >= 11 is 0. The van der Waals surface area contributed by atoms with Crippen LogP contribution in [0.4, 0.5) is 8.78 Å². The minimum atomic E-state index is -2.94. The molecule has 0 aromatic carbocycles. The third-order valence-corrected chi connectivity index (χ3v) is 0.585. The normalized spacial score (nSPS) is 12.9. The molecule has 0 fully saturated rings. The molecule has 0 spiro atoms. The zero-order valence-corrected chi connectivity index (χ0v) is 3.99. The molecule has 0 radical (unpaired) electrons. The second kappa shape index (κ2) is 1.71. The predicted molar refractivity (Wildman–Crippen MR) is 22.8 cm³/mol. The van der Waals surface area contributed by atoms with Crippen LogP contribution in [-0.2, 0) is 0 Å². The molecule has 0 saturated carbocycles. The molecule has 0 atom stereocenters. The van der Waals surface area contributed by atoms with Crippen LogP contribution in [0, 0.1) is 0 Å². The Morgan fingerprint density at radius 2 is 1.57 bits per heavy atom. The number of alkyl halides is 2. The molecule has 0 bridgehead atoms. The van der Waals surface area contributed by atoms with Crippen molar-refractivity contribution in [3.05, 3.63) is 0 Å². The topological polar surface area (TPSA) is 52.0 Å². The Balaban J connectivity index is 3.54. The minimum Gasteiger partial charge on any atom is -0.311 e. The van der Waals surface area contributed by atoms with E-state index in [9.17, 15) is 8.78 Å². The van der Waals surface area contributed by atoms with E-state index in [1.54, 1.807) is 0 Å². The molecule has 7 heavy (non-hydrogen) atoms. The van der Waals surface area contributed by atoms with Crippen LogP contribution in [-0.4, -0.2) is 12.1 Å². The van der Waals surface area contributed by atoms with E-state index < -0.39 is 12.1 Å². The van der Waals surface area contributed by atoms with Gasteiger partial charge in [-0.25, -0.2) is 8.78 Å². The second-order valence-electron chi connectivity index (χ2n) is 1.48. The lowest BCUT2D eigenvalue weighted by atomic mass is 10.3. The van der Waals surface area contributed by atoms with Gasteiger partial charge in [0.15, 0.2) is 0 Å². The van der Waals surface area contributed by atoms with E-state index in [1.165, 1.54) is 0 Å². The summed E-state index contributed by atoms with van der Waals surface area (Å²) in [5.41, 5.74) is 9.19. The van der Waals surface area contributed by atoms with Gasteiger partial charge in [0.25, 0.3) is 5.92 Å². The standard InChI is InChI=1S/C3H8F2N2/c1-3(4,5)2(6)7/h2H,6-7H2,1H3. The van der Waals surface area contributed by atoms with Crippen molar-refractivity contribution < 1.29 is 8.78 Å². The molecule has 4 heteroatoms. The number of hydrogen-bond donors (Lipinski definition) is 2. The van der Waals surface area contributed by atoms with Crippen molar-refractivity contribution in [2.75, 3.05) is 0 Å². The highest BCUT2D eigenvalue weighted by Gasteiger charge is 2.26. The van der Waals surface area contributed by atoms with Crippen LogP contribution >= 0.6 is 0 Å². The van der Waals surface area contributed by atoms with Crippen molar-refractivity contribution >= 4 is 0 Å². The van der Waals surface area contributed by atoms with E-state index in [0.29, 0.717) is 6.92 Å². The molecule has 0 aliphatic carbocycles. The summed E-state index contributed by atoms with van der Waals surface area (Å²) in [6.07, 6.45) is -1.53. The SMILES string of the molecule is CC(F)(F)C(N)N. The first-order valence-electron chi connectivity index (χ1n) is 1.83. The Labute approximate surface area is 40.5 Å². The van der Waals surface area contributed by atoms with Gasteiger partial charge in [0, 0.05) is 6.92 Å². The molecule has 2 nitrogen and oxygen atoms in total. The third kappa shape index (κ3) is 2.47. The Morgan fingerprint density at radius 1 is 1.43 bits per heavy atom. The number of rotatable bonds is 1. The highest BCUT2D eigenvalue weighted by atomic mass is 19.3. The summed E-state index contributed by atoms with van der Waals surface area (Å²) in [5.74, 6) is -2.94. The van der Waals surface area contributed by atoms with Gasteiger partial charge >= 0.3 is 0 Å². The average molecular weight is 110 g/mol. The molecule has 4 N–H and O–H groups in total. The van der Waals surface area contributed by atoms with Crippen LogP contribution in [0.15, 0.2) is 0 Å². The quantitative estimate of drug-likeness (QED) is 0.462. The van der Waals surface area contributed by atoms with Crippen LogP contribution in [0.3, 0.4) is 0 Å². The summed E-state index contributed by atoms with van der Waals surface area (Å²) < 4.78 is 23.2. The maximum atomic E-state index is 11.6. The van der Waals surface area contributed by atoms with Gasteiger partial charge in [-0.05, 0) is 0 Å². The van der Waals surface area contributed by atoms with Crippen molar-refractivity contribution in [3.8, 4) is 0 Å². The summed E-state index contributed by atoms with van der Waals surface area (Å²) in [5, 5.41) is 0. The number of hydrogen-bond acceptors (Lipinski definition) is 2. The van der Waals surface area contributed by atoms with Crippen molar-refractivity contribution in [1.82, 2.24) is 0 Å². The molecule has 0 heterocycles. The first kappa shape index (κ1) is 6.78. The van der Waals surface area contributed by atoms with Crippen LogP contribution < -0.4 is 11.5 Å². The van der Waals surface area contributed by atoms with E-state index in [-0.39, 0.29) is 0 Å². The van der Waals surface area contributed by atoms with Crippen LogP contribution in [0.5, 0.6) is 0 Å². The predicted octanol–water partition coefficient (Wildman–Crippen LogP) is -0.115. The molecule has 0 unspecified atom stereocenters. The second-order valence-corrected chi connectivity index (χ2v) is 1.48. The first-order chi connectivity index (χ1) is 2.94. The van der Waals surface area contributed by atoms with Gasteiger partial charge in [0.05, 0.1) is 0 Å². The van der Waals surface area contributed by atoms with Crippen molar-refractivity contribution in [3.63, 3.8) is 0 Å². The maximum Gasteiger partial charge on any atom is 0.272 e. The molecule has 0 rings (SSSR count). The first-order valence-corrected chi connectivity index (χ1v) is 1.83. The van der Waals surface area contributed by atoms with Crippen LogP contribution in [0.25, 0.3) is 0 Å². The van der Waals surface area contributed by atoms with Gasteiger partial charge in [-0.2, -0.15) is 0 Å². The fraction of sp³-hybridized carbons (Fsp3) is 1.00. The fourth-order valence-corrected chi connectivity index (χ4v) is 0. The lowest BCUT2D eigenvalue weighted by Gasteiger charge is -2.12. The molecular formula is C3H8F2N2. The highest BCUT2D eigenvalue weighted by Crippen LogP contribution is 2.10. The molecule has 0 amide bonds. The molecule has 0 aromatic heterocycles. The summed E-state index contributed by atoms with van der Waals surface area (Å²) in [7, 11) is 0. The van der Waals surface area contributed by atoms with Gasteiger partial charge in [-0.3, -0.25) is 0 Å². The molecule has 0 aliphatic rings. The van der Waals surface area contributed by atoms with Gasteiger partial charge in [-0.1, -0.05) is 0 Å². The number of nitrogens with two attached hydrogens (primary N) is 2. The van der Waals surface area contributed by atoms with Crippen molar-refractivity contribution in [2.45, 2.75) is 19.0 Å². The average Bonchev–Trinajstić information content (AvgIpc) is 1.31. The Bertz CT molecular complexity index is 56.4. The lowest BCUT2D eigenvalue weighted by molar-refractivity contribution is -0.00334. The van der Waals surface area contributed by atoms with Crippen LogP contribution in [0.1, 0.15) is 6.92 Å². The number of halogens is 2. The van der Waals surface area contributed by atoms with Crippen LogP contribution in [0.2, 0.25) is 0 Å². The van der Waals surface area contributed by atoms with E-state index in [1.807, 2.05) is 0 Å². The Morgan fingerprint density at radius 3 is 1.57 bits per heavy atom. The zero-order valence-electron chi connectivity index (χ0n) is 3.99. The van der Waals surface area contributed by atoms with Gasteiger partial charge < -0.3 is 11.5 Å². The van der Waals surface area contributed by atoms with Gasteiger partial charge in [-0.15, -0.1) is 0 Å². The summed E-state index contributed by atoms with van der Waals surface area (Å²) in [6, 6.07) is 0. The van der Waals surface area contributed by atoms with E-state index >= 15 is 0 Å². The third-order valence-electron chi connectivity index (χ3n) is 0.585. The molecule has 0 saturated heterocycles. The summed E-state index contributed by atoms with van der Waals surface area (Å²) in [4.78, 5) is 0. The molecule has 44 valence electrons. The molecular weight excluding hydrogens is 102 g/mol. The fourth-order valence-electron chi connectivity index (χ4n) is 0. The van der Waals surface area contributed by atoms with E-state index in [0.717, 1.165) is 0 Å². The van der Waals surface area contributed by atoms with E-state index in [4.69, 9.17) is 0 Å². The van der Waals surface area contributed by atoms with Crippen molar-refractivity contribution in [2.24, 2.45) is 11.5 Å². The largest absolute Gasteiger partial charge is 0.311 e. The Kier molecular flexibility index (Phi) is 1.66. The monoisotopic (exact) mass is 110 g/mol. The maximum absolute atomic E-state index is 11.6. The Hall–Kier alpha value is -0.220. The highest BCUT2D eigenvalue weighted by molar-refractivity contribution is 4.67. The molecule has 0 aliphatic heterocycles. The smallest absolute Gasteiger partial charge is 0.272 e. The molecule has 0 aromatic rings. The minimum absolute atomic E-state index is 0.678. The van der Waals surface area contributed by atoms with Crippen molar-refractivity contribution in [1.29, 1.82) is 0 Å². The van der Waals surface area contributed by atoms with Gasteiger partial charge in [0.2, 0.25) is 0 Å². The lowest BCUT2D eigenvalue weighted by Crippen LogP contribution is -2.45.